The van der Waals surface area contributed by atoms with Crippen LogP contribution in [0.3, 0.4) is 0 Å². The smallest absolute Gasteiger partial charge is 0.408 e. The second-order valence-electron chi connectivity index (χ2n) is 5.35. The highest BCUT2D eigenvalue weighted by atomic mass is 16.6. The van der Waals surface area contributed by atoms with Gasteiger partial charge in [-0.25, -0.2) is 9.59 Å². The minimum atomic E-state index is -1.23. The van der Waals surface area contributed by atoms with Gasteiger partial charge >= 0.3 is 12.1 Å². The Kier molecular flexibility index (Phi) is 5.24. The van der Waals surface area contributed by atoms with Crippen molar-refractivity contribution in [2.75, 3.05) is 0 Å². The van der Waals surface area contributed by atoms with Gasteiger partial charge in [0.15, 0.2) is 0 Å². The summed E-state index contributed by atoms with van der Waals surface area (Å²) in [6.07, 6.45) is 0.533. The fourth-order valence-corrected chi connectivity index (χ4v) is 1.55. The van der Waals surface area contributed by atoms with Crippen molar-refractivity contribution in [2.24, 2.45) is 0 Å². The molecule has 1 amide bonds. The number of aromatic nitrogens is 1. The first kappa shape index (κ1) is 16.4. The largest absolute Gasteiger partial charge is 0.480 e. The van der Waals surface area contributed by atoms with Crippen molar-refractivity contribution in [1.82, 2.24) is 10.3 Å². The van der Waals surface area contributed by atoms with E-state index in [2.05, 4.69) is 10.3 Å². The number of carboxylic acids is 1. The Morgan fingerprint density at radius 2 is 2.19 bits per heavy atom. The van der Waals surface area contributed by atoms with E-state index in [1.165, 1.54) is 12.3 Å². The van der Waals surface area contributed by atoms with Crippen LogP contribution in [0.4, 0.5) is 4.79 Å². The second kappa shape index (κ2) is 6.70. The van der Waals surface area contributed by atoms with Crippen LogP contribution in [0, 0.1) is 11.3 Å². The number of carbonyl (C=O) groups excluding carboxylic acids is 1. The van der Waals surface area contributed by atoms with E-state index in [9.17, 15) is 9.59 Å². The molecule has 7 heteroatoms. The Morgan fingerprint density at radius 1 is 1.52 bits per heavy atom. The van der Waals surface area contributed by atoms with Gasteiger partial charge in [-0.1, -0.05) is 0 Å². The number of carbonyl (C=O) groups is 2. The van der Waals surface area contributed by atoms with Gasteiger partial charge in [0.05, 0.1) is 11.3 Å². The van der Waals surface area contributed by atoms with E-state index in [-0.39, 0.29) is 12.0 Å². The molecule has 0 saturated heterocycles. The summed E-state index contributed by atoms with van der Waals surface area (Å²) in [6, 6.07) is 3.83. The fraction of sp³-hybridized carbons (Fsp3) is 0.429. The van der Waals surface area contributed by atoms with Crippen molar-refractivity contribution in [3.05, 3.63) is 29.6 Å². The van der Waals surface area contributed by atoms with Crippen LogP contribution < -0.4 is 5.32 Å². The highest BCUT2D eigenvalue weighted by molar-refractivity contribution is 5.80. The molecule has 1 atom stereocenters. The van der Waals surface area contributed by atoms with E-state index in [0.29, 0.717) is 5.69 Å². The summed E-state index contributed by atoms with van der Waals surface area (Å²) in [5.41, 5.74) is -0.145. The molecule has 0 bridgehead atoms. The summed E-state index contributed by atoms with van der Waals surface area (Å²) in [5, 5.41) is 20.4. The maximum absolute atomic E-state index is 11.6. The summed E-state index contributed by atoms with van der Waals surface area (Å²) < 4.78 is 5.01. The SMILES string of the molecule is CC(C)(C)OC(=O)N[C@@H](Cc1ncccc1C#N)C(=O)O. The predicted octanol–water partition coefficient (Wildman–Crippen LogP) is 1.47. The second-order valence-corrected chi connectivity index (χ2v) is 5.35. The van der Waals surface area contributed by atoms with Gasteiger partial charge in [0.2, 0.25) is 0 Å². The maximum Gasteiger partial charge on any atom is 0.408 e. The summed E-state index contributed by atoms with van der Waals surface area (Å²) in [5.74, 6) is -1.23. The number of ether oxygens (including phenoxy) is 1. The van der Waals surface area contributed by atoms with Gasteiger partial charge in [-0.2, -0.15) is 5.26 Å². The third kappa shape index (κ3) is 5.48. The molecule has 0 spiro atoms. The molecule has 0 aliphatic heterocycles. The molecule has 1 aromatic heterocycles. The maximum atomic E-state index is 11.6. The van der Waals surface area contributed by atoms with Crippen LogP contribution in [0.5, 0.6) is 0 Å². The van der Waals surface area contributed by atoms with Crippen LogP contribution in [-0.4, -0.2) is 33.8 Å². The lowest BCUT2D eigenvalue weighted by Gasteiger charge is -2.22. The number of aliphatic carboxylic acids is 1. The normalized spacial score (nSPS) is 12.1. The van der Waals surface area contributed by atoms with Gasteiger partial charge < -0.3 is 15.2 Å². The zero-order chi connectivity index (χ0) is 16.0. The highest BCUT2D eigenvalue weighted by Gasteiger charge is 2.25. The molecule has 0 aliphatic carbocycles. The standard InChI is InChI=1S/C14H17N3O4/c1-14(2,3)21-13(20)17-11(12(18)19)7-10-9(8-15)5-4-6-16-10/h4-6,11H,7H2,1-3H3,(H,17,20)(H,18,19)/t11-/m0/s1. The average molecular weight is 291 g/mol. The summed E-state index contributed by atoms with van der Waals surface area (Å²) in [7, 11) is 0. The molecule has 0 aliphatic rings. The zero-order valence-corrected chi connectivity index (χ0v) is 12.1. The Balaban J connectivity index is 2.82. The topological polar surface area (TPSA) is 112 Å². The number of rotatable bonds is 4. The van der Waals surface area contributed by atoms with Crippen LogP contribution >= 0.6 is 0 Å². The van der Waals surface area contributed by atoms with Crippen LogP contribution in [-0.2, 0) is 16.0 Å². The molecule has 1 aromatic rings. The van der Waals surface area contributed by atoms with E-state index >= 15 is 0 Å². The molecule has 1 heterocycles. The van der Waals surface area contributed by atoms with Crippen molar-refractivity contribution in [3.8, 4) is 6.07 Å². The number of pyridine rings is 1. The molecular formula is C14H17N3O4. The van der Waals surface area contributed by atoms with E-state index < -0.39 is 23.7 Å². The minimum Gasteiger partial charge on any atom is -0.480 e. The summed E-state index contributed by atoms with van der Waals surface area (Å²) in [6.45, 7) is 5.03. The van der Waals surface area contributed by atoms with Gasteiger partial charge in [0, 0.05) is 12.6 Å². The predicted molar refractivity (Wildman–Crippen MR) is 73.4 cm³/mol. The molecule has 21 heavy (non-hydrogen) atoms. The number of hydrogen-bond donors (Lipinski definition) is 2. The van der Waals surface area contributed by atoms with Crippen molar-refractivity contribution in [1.29, 1.82) is 5.26 Å². The summed E-state index contributed by atoms with van der Waals surface area (Å²) >= 11 is 0. The van der Waals surface area contributed by atoms with Crippen LogP contribution in [0.2, 0.25) is 0 Å². The molecule has 0 unspecified atom stereocenters. The Hall–Kier alpha value is -2.62. The molecule has 0 saturated carbocycles. The first-order chi connectivity index (χ1) is 9.73. The number of amides is 1. The van der Waals surface area contributed by atoms with Gasteiger partial charge in [0.1, 0.15) is 17.7 Å². The Morgan fingerprint density at radius 3 is 2.71 bits per heavy atom. The zero-order valence-electron chi connectivity index (χ0n) is 12.1. The fourth-order valence-electron chi connectivity index (χ4n) is 1.55. The number of alkyl carbamates (subject to hydrolysis) is 1. The molecular weight excluding hydrogens is 274 g/mol. The lowest BCUT2D eigenvalue weighted by Crippen LogP contribution is -2.44. The first-order valence-electron chi connectivity index (χ1n) is 6.29. The molecule has 112 valence electrons. The van der Waals surface area contributed by atoms with E-state index in [1.807, 2.05) is 6.07 Å². The van der Waals surface area contributed by atoms with Gasteiger partial charge in [-0.05, 0) is 32.9 Å². The quantitative estimate of drug-likeness (QED) is 0.868. The molecule has 0 radical (unpaired) electrons. The van der Waals surface area contributed by atoms with Crippen molar-refractivity contribution in [2.45, 2.75) is 38.8 Å². The summed E-state index contributed by atoms with van der Waals surface area (Å²) in [4.78, 5) is 26.8. The molecule has 2 N–H and O–H groups in total. The third-order valence-electron chi connectivity index (χ3n) is 2.40. The Labute approximate surface area is 122 Å². The van der Waals surface area contributed by atoms with Crippen molar-refractivity contribution < 1.29 is 19.4 Å². The van der Waals surface area contributed by atoms with Crippen molar-refractivity contribution in [3.63, 3.8) is 0 Å². The lowest BCUT2D eigenvalue weighted by atomic mass is 10.1. The average Bonchev–Trinajstić information content (AvgIpc) is 2.36. The first-order valence-corrected chi connectivity index (χ1v) is 6.29. The van der Waals surface area contributed by atoms with Gasteiger partial charge in [-0.15, -0.1) is 0 Å². The molecule has 0 aromatic carbocycles. The van der Waals surface area contributed by atoms with Crippen LogP contribution in [0.15, 0.2) is 18.3 Å². The molecule has 0 fully saturated rings. The number of nitrogens with zero attached hydrogens (tertiary/aromatic N) is 2. The van der Waals surface area contributed by atoms with E-state index in [4.69, 9.17) is 15.1 Å². The van der Waals surface area contributed by atoms with Crippen molar-refractivity contribution >= 4 is 12.1 Å². The van der Waals surface area contributed by atoms with E-state index in [1.54, 1.807) is 26.8 Å². The number of carboxylic acid groups (broad SMARTS) is 1. The number of nitriles is 1. The Bertz CT molecular complexity index is 572. The number of nitrogens with one attached hydrogen (secondary N) is 1. The van der Waals surface area contributed by atoms with Crippen LogP contribution in [0.1, 0.15) is 32.0 Å². The van der Waals surface area contributed by atoms with Gasteiger partial charge in [0.25, 0.3) is 0 Å². The van der Waals surface area contributed by atoms with Gasteiger partial charge in [-0.3, -0.25) is 4.98 Å². The number of hydrogen-bond acceptors (Lipinski definition) is 5. The third-order valence-corrected chi connectivity index (χ3v) is 2.40. The van der Waals surface area contributed by atoms with Crippen LogP contribution in [0.25, 0.3) is 0 Å². The minimum absolute atomic E-state index is 0.0989. The molecule has 1 rings (SSSR count). The highest BCUT2D eigenvalue weighted by Crippen LogP contribution is 2.10. The monoisotopic (exact) mass is 291 g/mol. The lowest BCUT2D eigenvalue weighted by molar-refractivity contribution is -0.139. The molecule has 7 nitrogen and oxygen atoms in total. The van der Waals surface area contributed by atoms with E-state index in [0.717, 1.165) is 0 Å².